The van der Waals surface area contributed by atoms with Crippen LogP contribution in [0.15, 0.2) is 42.5 Å². The van der Waals surface area contributed by atoms with Gasteiger partial charge in [0.05, 0.1) is 13.1 Å². The smallest absolute Gasteiger partial charge is 0.137 e. The third kappa shape index (κ3) is 5.81. The fourth-order valence-electron chi connectivity index (χ4n) is 3.08. The van der Waals surface area contributed by atoms with Crippen molar-refractivity contribution in [2.24, 2.45) is 0 Å². The summed E-state index contributed by atoms with van der Waals surface area (Å²) >= 11 is 0. The molecule has 3 nitrogen and oxygen atoms in total. The number of fused-ring (bicyclic) bond motifs is 1. The molecule has 1 atom stereocenters. The van der Waals surface area contributed by atoms with Crippen LogP contribution in [-0.2, 0) is 0 Å². The van der Waals surface area contributed by atoms with Crippen LogP contribution in [0, 0.1) is 0 Å². The van der Waals surface area contributed by atoms with Gasteiger partial charge in [0, 0.05) is 5.39 Å². The van der Waals surface area contributed by atoms with E-state index < -0.39 is 6.10 Å². The lowest BCUT2D eigenvalue weighted by Crippen LogP contribution is -3.13. The van der Waals surface area contributed by atoms with Gasteiger partial charge in [0.25, 0.3) is 0 Å². The van der Waals surface area contributed by atoms with Gasteiger partial charge in [0.2, 0.25) is 0 Å². The standard InChI is InChI=1S/C21H31NO2/c1-3-5-14-22(15-6-4-2)16-19(23)17-24-21-13-9-11-18-10-7-8-12-20(18)21/h7-13,19,23H,3-6,14-17H2,1-2H3/p+1/t19-/m1/s1. The number of benzene rings is 2. The van der Waals surface area contributed by atoms with E-state index in [1.807, 2.05) is 24.3 Å². The van der Waals surface area contributed by atoms with Crippen molar-refractivity contribution < 1.29 is 14.7 Å². The third-order valence-electron chi connectivity index (χ3n) is 4.47. The third-order valence-corrected chi connectivity index (χ3v) is 4.47. The predicted octanol–water partition coefficient (Wildman–Crippen LogP) is 3.06. The maximum Gasteiger partial charge on any atom is 0.137 e. The molecule has 2 aromatic rings. The number of hydrogen-bond donors (Lipinski definition) is 2. The lowest BCUT2D eigenvalue weighted by atomic mass is 10.1. The number of quaternary nitrogens is 1. The number of nitrogens with one attached hydrogen (secondary N) is 1. The first-order valence-electron chi connectivity index (χ1n) is 9.36. The Morgan fingerprint density at radius 2 is 1.62 bits per heavy atom. The summed E-state index contributed by atoms with van der Waals surface area (Å²) < 4.78 is 5.93. The molecule has 3 heteroatoms. The van der Waals surface area contributed by atoms with Crippen molar-refractivity contribution in [1.29, 1.82) is 0 Å². The monoisotopic (exact) mass is 330 g/mol. The van der Waals surface area contributed by atoms with Gasteiger partial charge in [-0.2, -0.15) is 0 Å². The van der Waals surface area contributed by atoms with E-state index in [0.717, 1.165) is 30.8 Å². The molecule has 24 heavy (non-hydrogen) atoms. The zero-order chi connectivity index (χ0) is 17.2. The number of hydrogen-bond acceptors (Lipinski definition) is 2. The normalized spacial score (nSPS) is 12.7. The van der Waals surface area contributed by atoms with Gasteiger partial charge in [-0.15, -0.1) is 0 Å². The molecule has 0 spiro atoms. The molecule has 2 aromatic carbocycles. The lowest BCUT2D eigenvalue weighted by molar-refractivity contribution is -0.903. The van der Waals surface area contributed by atoms with E-state index in [1.165, 1.54) is 36.0 Å². The van der Waals surface area contributed by atoms with E-state index in [2.05, 4.69) is 32.0 Å². The molecule has 0 heterocycles. The summed E-state index contributed by atoms with van der Waals surface area (Å²) in [5.74, 6) is 0.857. The average molecular weight is 330 g/mol. The van der Waals surface area contributed by atoms with Crippen molar-refractivity contribution in [2.45, 2.75) is 45.6 Å². The topological polar surface area (TPSA) is 33.9 Å². The zero-order valence-corrected chi connectivity index (χ0v) is 15.1. The van der Waals surface area contributed by atoms with Gasteiger partial charge in [-0.05, 0) is 24.3 Å². The Morgan fingerprint density at radius 3 is 2.33 bits per heavy atom. The largest absolute Gasteiger partial charge is 0.490 e. The predicted molar refractivity (Wildman–Crippen MR) is 101 cm³/mol. The van der Waals surface area contributed by atoms with Crippen LogP contribution in [-0.4, -0.2) is 37.5 Å². The molecule has 0 aliphatic carbocycles. The summed E-state index contributed by atoms with van der Waals surface area (Å²) in [6.45, 7) is 7.85. The van der Waals surface area contributed by atoms with Gasteiger partial charge in [-0.25, -0.2) is 0 Å². The van der Waals surface area contributed by atoms with E-state index in [0.29, 0.717) is 6.61 Å². The molecule has 0 saturated carbocycles. The Kier molecular flexibility index (Phi) is 8.06. The Bertz CT molecular complexity index is 586. The summed E-state index contributed by atoms with van der Waals surface area (Å²) in [6, 6.07) is 14.3. The summed E-state index contributed by atoms with van der Waals surface area (Å²) in [4.78, 5) is 1.49. The second kappa shape index (κ2) is 10.3. The number of aliphatic hydroxyl groups excluding tert-OH is 1. The minimum absolute atomic E-state index is 0.357. The summed E-state index contributed by atoms with van der Waals surface area (Å²) in [5.41, 5.74) is 0. The molecule has 2 N–H and O–H groups in total. The molecule has 0 aliphatic heterocycles. The molecule has 0 fully saturated rings. The number of aliphatic hydroxyl groups is 1. The fraction of sp³-hybridized carbons (Fsp3) is 0.524. The highest BCUT2D eigenvalue weighted by molar-refractivity contribution is 5.88. The van der Waals surface area contributed by atoms with Crippen molar-refractivity contribution in [3.63, 3.8) is 0 Å². The first kappa shape index (κ1) is 18.8. The molecule has 0 aromatic heterocycles. The van der Waals surface area contributed by atoms with Crippen LogP contribution in [0.5, 0.6) is 5.75 Å². The Hall–Kier alpha value is -1.58. The summed E-state index contributed by atoms with van der Waals surface area (Å²) in [7, 11) is 0. The van der Waals surface area contributed by atoms with E-state index in [9.17, 15) is 5.11 Å². The van der Waals surface area contributed by atoms with Crippen molar-refractivity contribution in [3.8, 4) is 5.75 Å². The minimum atomic E-state index is -0.423. The van der Waals surface area contributed by atoms with Gasteiger partial charge in [-0.3, -0.25) is 0 Å². The summed E-state index contributed by atoms with van der Waals surface area (Å²) in [6.07, 6.45) is 4.43. The molecule has 132 valence electrons. The first-order chi connectivity index (χ1) is 11.7. The average Bonchev–Trinajstić information content (AvgIpc) is 2.62. The maximum absolute atomic E-state index is 10.4. The van der Waals surface area contributed by atoms with E-state index >= 15 is 0 Å². The number of ether oxygens (including phenoxy) is 1. The molecule has 0 unspecified atom stereocenters. The molecule has 0 bridgehead atoms. The van der Waals surface area contributed by atoms with Crippen molar-refractivity contribution in [1.82, 2.24) is 0 Å². The van der Waals surface area contributed by atoms with Gasteiger partial charge in [0.15, 0.2) is 0 Å². The van der Waals surface area contributed by atoms with Gasteiger partial charge < -0.3 is 14.7 Å². The van der Waals surface area contributed by atoms with Gasteiger partial charge >= 0.3 is 0 Å². The highest BCUT2D eigenvalue weighted by atomic mass is 16.5. The maximum atomic E-state index is 10.4. The van der Waals surface area contributed by atoms with Crippen LogP contribution in [0.4, 0.5) is 0 Å². The lowest BCUT2D eigenvalue weighted by Gasteiger charge is -2.22. The molecule has 0 aliphatic rings. The fourth-order valence-corrected chi connectivity index (χ4v) is 3.08. The van der Waals surface area contributed by atoms with Crippen LogP contribution in [0.3, 0.4) is 0 Å². The molecule has 0 saturated heterocycles. The molecular formula is C21H32NO2+. The van der Waals surface area contributed by atoms with Crippen LogP contribution in [0.25, 0.3) is 10.8 Å². The van der Waals surface area contributed by atoms with E-state index in [4.69, 9.17) is 4.74 Å². The Labute approximate surface area is 146 Å². The Balaban J connectivity index is 1.89. The van der Waals surface area contributed by atoms with Crippen LogP contribution >= 0.6 is 0 Å². The first-order valence-corrected chi connectivity index (χ1v) is 9.36. The van der Waals surface area contributed by atoms with Crippen LogP contribution in [0.2, 0.25) is 0 Å². The SMILES string of the molecule is CCCC[NH+](CCCC)C[C@@H](O)COc1cccc2ccccc12. The minimum Gasteiger partial charge on any atom is -0.490 e. The van der Waals surface area contributed by atoms with Crippen LogP contribution < -0.4 is 9.64 Å². The van der Waals surface area contributed by atoms with Crippen LogP contribution in [0.1, 0.15) is 39.5 Å². The second-order valence-electron chi connectivity index (χ2n) is 6.60. The molecule has 2 rings (SSSR count). The Morgan fingerprint density at radius 1 is 0.958 bits per heavy atom. The van der Waals surface area contributed by atoms with Crippen molar-refractivity contribution in [2.75, 3.05) is 26.2 Å². The zero-order valence-electron chi connectivity index (χ0n) is 15.1. The van der Waals surface area contributed by atoms with E-state index in [1.54, 1.807) is 0 Å². The molecule has 0 radical (unpaired) electrons. The summed E-state index contributed by atoms with van der Waals surface area (Å²) in [5, 5.41) is 12.7. The highest BCUT2D eigenvalue weighted by Gasteiger charge is 2.15. The molecule has 0 amide bonds. The number of unbranched alkanes of at least 4 members (excludes halogenated alkanes) is 2. The number of rotatable bonds is 11. The quantitative estimate of drug-likeness (QED) is 0.664. The van der Waals surface area contributed by atoms with Gasteiger partial charge in [0.1, 0.15) is 25.0 Å². The van der Waals surface area contributed by atoms with E-state index in [-0.39, 0.29) is 0 Å². The molecular weight excluding hydrogens is 298 g/mol. The van der Waals surface area contributed by atoms with Crippen molar-refractivity contribution in [3.05, 3.63) is 42.5 Å². The highest BCUT2D eigenvalue weighted by Crippen LogP contribution is 2.25. The van der Waals surface area contributed by atoms with Gasteiger partial charge in [-0.1, -0.05) is 63.1 Å². The second-order valence-corrected chi connectivity index (χ2v) is 6.60. The van der Waals surface area contributed by atoms with Crippen molar-refractivity contribution >= 4 is 10.8 Å².